The fraction of sp³-hybridized carbons (Fsp3) is 0.810. The maximum absolute atomic E-state index is 12.6. The van der Waals surface area contributed by atoms with Crippen molar-refractivity contribution in [1.29, 1.82) is 0 Å². The molecule has 0 unspecified atom stereocenters. The molecule has 156 valence electrons. The van der Waals surface area contributed by atoms with Crippen molar-refractivity contribution in [2.75, 3.05) is 58.3 Å². The van der Waals surface area contributed by atoms with Crippen LogP contribution >= 0.6 is 11.3 Å². The molecule has 0 radical (unpaired) electrons. The first kappa shape index (κ1) is 20.1. The summed E-state index contributed by atoms with van der Waals surface area (Å²) in [4.78, 5) is 27.9. The van der Waals surface area contributed by atoms with Gasteiger partial charge >= 0.3 is 0 Å². The van der Waals surface area contributed by atoms with E-state index >= 15 is 0 Å². The minimum Gasteiger partial charge on any atom is -0.354 e. The second kappa shape index (κ2) is 9.09. The van der Waals surface area contributed by atoms with Crippen molar-refractivity contribution >= 4 is 22.4 Å². The number of thiazole rings is 1. The standard InChI is InChI=1S/C21H35N5OS/c1-23(2)21-22-15-19(28-21)16-24-11-7-18(8-12-24)25-13-5-17(6-14-25)20(27)26-9-3-4-10-26/h15,17-18H,3-14,16H2,1-2H3. The third-order valence-electron chi connectivity index (χ3n) is 6.67. The van der Waals surface area contributed by atoms with Crippen molar-refractivity contribution in [3.05, 3.63) is 11.1 Å². The normalized spacial score (nSPS) is 23.4. The van der Waals surface area contributed by atoms with Crippen molar-refractivity contribution in [3.8, 4) is 0 Å². The summed E-state index contributed by atoms with van der Waals surface area (Å²) in [5.74, 6) is 0.722. The van der Waals surface area contributed by atoms with Gasteiger partial charge in [-0.15, -0.1) is 11.3 Å². The molecular formula is C21H35N5OS. The first-order valence-electron chi connectivity index (χ1n) is 11.0. The number of aromatic nitrogens is 1. The van der Waals surface area contributed by atoms with E-state index in [1.165, 1.54) is 43.6 Å². The molecule has 1 amide bonds. The molecule has 1 aromatic heterocycles. The van der Waals surface area contributed by atoms with Crippen LogP contribution in [-0.2, 0) is 11.3 Å². The fourth-order valence-corrected chi connectivity index (χ4v) is 5.82. The Morgan fingerprint density at radius 1 is 1.07 bits per heavy atom. The summed E-state index contributed by atoms with van der Waals surface area (Å²) in [6, 6.07) is 0.706. The lowest BCUT2D eigenvalue weighted by Crippen LogP contribution is -2.49. The second-order valence-corrected chi connectivity index (χ2v) is 9.95. The van der Waals surface area contributed by atoms with Gasteiger partial charge in [-0.1, -0.05) is 0 Å². The zero-order valence-electron chi connectivity index (χ0n) is 17.5. The molecule has 0 aliphatic carbocycles. The first-order valence-corrected chi connectivity index (χ1v) is 11.8. The van der Waals surface area contributed by atoms with Gasteiger partial charge in [0.25, 0.3) is 0 Å². The van der Waals surface area contributed by atoms with E-state index in [4.69, 9.17) is 0 Å². The van der Waals surface area contributed by atoms with Crippen LogP contribution in [0.4, 0.5) is 5.13 Å². The largest absolute Gasteiger partial charge is 0.354 e. The molecule has 7 heteroatoms. The van der Waals surface area contributed by atoms with Crippen molar-refractivity contribution in [2.45, 2.75) is 51.1 Å². The van der Waals surface area contributed by atoms with Gasteiger partial charge in [-0.25, -0.2) is 4.98 Å². The number of carbonyl (C=O) groups excluding carboxylic acids is 1. The minimum absolute atomic E-state index is 0.284. The highest BCUT2D eigenvalue weighted by Gasteiger charge is 2.33. The Kier molecular flexibility index (Phi) is 6.53. The quantitative estimate of drug-likeness (QED) is 0.753. The summed E-state index contributed by atoms with van der Waals surface area (Å²) in [5.41, 5.74) is 0. The van der Waals surface area contributed by atoms with Gasteiger partial charge in [0, 0.05) is 69.9 Å². The van der Waals surface area contributed by atoms with Gasteiger partial charge in [-0.05, 0) is 51.6 Å². The molecule has 3 fully saturated rings. The highest BCUT2D eigenvalue weighted by atomic mass is 32.1. The molecule has 0 N–H and O–H groups in total. The third kappa shape index (κ3) is 4.69. The lowest BCUT2D eigenvalue weighted by molar-refractivity contribution is -0.136. The van der Waals surface area contributed by atoms with Gasteiger partial charge in [0.05, 0.1) is 0 Å². The van der Waals surface area contributed by atoms with Crippen molar-refractivity contribution in [2.24, 2.45) is 5.92 Å². The van der Waals surface area contributed by atoms with Gasteiger partial charge in [0.2, 0.25) is 5.91 Å². The Balaban J connectivity index is 1.19. The molecular weight excluding hydrogens is 370 g/mol. The lowest BCUT2D eigenvalue weighted by atomic mass is 9.92. The van der Waals surface area contributed by atoms with Crippen LogP contribution in [0.2, 0.25) is 0 Å². The zero-order valence-corrected chi connectivity index (χ0v) is 18.3. The number of hydrogen-bond donors (Lipinski definition) is 0. The zero-order chi connectivity index (χ0) is 19.5. The molecule has 4 heterocycles. The molecule has 4 rings (SSSR count). The van der Waals surface area contributed by atoms with Gasteiger partial charge in [0.15, 0.2) is 5.13 Å². The predicted molar refractivity (Wildman–Crippen MR) is 115 cm³/mol. The summed E-state index contributed by atoms with van der Waals surface area (Å²) < 4.78 is 0. The molecule has 3 saturated heterocycles. The van der Waals surface area contributed by atoms with Crippen LogP contribution in [-0.4, -0.2) is 85.0 Å². The molecule has 0 bridgehead atoms. The van der Waals surface area contributed by atoms with E-state index in [2.05, 4.69) is 38.7 Å². The predicted octanol–water partition coefficient (Wildman–Crippen LogP) is 2.51. The van der Waals surface area contributed by atoms with Crippen LogP contribution in [0.15, 0.2) is 6.20 Å². The van der Waals surface area contributed by atoms with Gasteiger partial charge in [0.1, 0.15) is 0 Å². The number of hydrogen-bond acceptors (Lipinski definition) is 6. The molecule has 1 aromatic rings. The molecule has 6 nitrogen and oxygen atoms in total. The average Bonchev–Trinajstić information content (AvgIpc) is 3.40. The fourth-order valence-electron chi connectivity index (χ4n) is 4.95. The van der Waals surface area contributed by atoms with Crippen LogP contribution in [0, 0.1) is 5.92 Å². The van der Waals surface area contributed by atoms with Crippen molar-refractivity contribution in [3.63, 3.8) is 0 Å². The minimum atomic E-state index is 0.284. The average molecular weight is 406 g/mol. The summed E-state index contributed by atoms with van der Waals surface area (Å²) in [6.07, 6.45) is 9.05. The maximum Gasteiger partial charge on any atom is 0.225 e. The van der Waals surface area contributed by atoms with Crippen molar-refractivity contribution < 1.29 is 4.79 Å². The van der Waals surface area contributed by atoms with E-state index in [1.807, 2.05) is 6.20 Å². The molecule has 0 aromatic carbocycles. The second-order valence-electron chi connectivity index (χ2n) is 8.85. The Hall–Kier alpha value is -1.18. The smallest absolute Gasteiger partial charge is 0.225 e. The van der Waals surface area contributed by atoms with Gasteiger partial charge in [-0.3, -0.25) is 9.69 Å². The van der Waals surface area contributed by atoms with Gasteiger partial charge in [-0.2, -0.15) is 0 Å². The SMILES string of the molecule is CN(C)c1ncc(CN2CCC(N3CCC(C(=O)N4CCCC4)CC3)CC2)s1. The Morgan fingerprint density at radius 2 is 1.75 bits per heavy atom. The Morgan fingerprint density at radius 3 is 2.36 bits per heavy atom. The summed E-state index contributed by atoms with van der Waals surface area (Å²) in [5, 5.41) is 1.09. The number of anilines is 1. The lowest BCUT2D eigenvalue weighted by Gasteiger charge is -2.41. The number of rotatable bonds is 5. The summed E-state index contributed by atoms with van der Waals surface area (Å²) in [7, 11) is 4.10. The third-order valence-corrected chi connectivity index (χ3v) is 7.82. The summed E-state index contributed by atoms with van der Waals surface area (Å²) in [6.45, 7) is 7.58. The van der Waals surface area contributed by atoms with E-state index < -0.39 is 0 Å². The molecule has 3 aliphatic heterocycles. The number of carbonyl (C=O) groups is 1. The van der Waals surface area contributed by atoms with Crippen LogP contribution in [0.1, 0.15) is 43.4 Å². The maximum atomic E-state index is 12.6. The van der Waals surface area contributed by atoms with E-state index in [1.54, 1.807) is 11.3 Å². The number of amides is 1. The molecule has 28 heavy (non-hydrogen) atoms. The van der Waals surface area contributed by atoms with Crippen LogP contribution in [0.3, 0.4) is 0 Å². The first-order chi connectivity index (χ1) is 13.6. The van der Waals surface area contributed by atoms with E-state index in [0.717, 1.165) is 50.7 Å². The number of piperidine rings is 2. The van der Waals surface area contributed by atoms with Crippen LogP contribution in [0.5, 0.6) is 0 Å². The Bertz CT molecular complexity index is 641. The number of nitrogens with zero attached hydrogens (tertiary/aromatic N) is 5. The molecule has 0 spiro atoms. The van der Waals surface area contributed by atoms with E-state index in [0.29, 0.717) is 11.9 Å². The Labute approximate surface area is 173 Å². The molecule has 0 atom stereocenters. The van der Waals surface area contributed by atoms with E-state index in [-0.39, 0.29) is 5.92 Å². The van der Waals surface area contributed by atoms with Crippen molar-refractivity contribution in [1.82, 2.24) is 19.7 Å². The molecule has 3 aliphatic rings. The van der Waals surface area contributed by atoms with E-state index in [9.17, 15) is 4.79 Å². The topological polar surface area (TPSA) is 42.9 Å². The van der Waals surface area contributed by atoms with Crippen LogP contribution < -0.4 is 4.90 Å². The highest BCUT2D eigenvalue weighted by molar-refractivity contribution is 7.15. The highest BCUT2D eigenvalue weighted by Crippen LogP contribution is 2.28. The van der Waals surface area contributed by atoms with Gasteiger partial charge < -0.3 is 14.7 Å². The number of likely N-dealkylation sites (tertiary alicyclic amines) is 3. The summed E-state index contributed by atoms with van der Waals surface area (Å²) >= 11 is 1.80. The van der Waals surface area contributed by atoms with Crippen LogP contribution in [0.25, 0.3) is 0 Å². The monoisotopic (exact) mass is 405 g/mol. The molecule has 0 saturated carbocycles.